The van der Waals surface area contributed by atoms with Gasteiger partial charge in [0.05, 0.1) is 0 Å². The Bertz CT molecular complexity index is 743. The van der Waals surface area contributed by atoms with Crippen LogP contribution in [0, 0.1) is 0 Å². The quantitative estimate of drug-likeness (QED) is 0.0388. The molecule has 274 valence electrons. The second kappa shape index (κ2) is 35.2. The number of hydrogen-bond acceptors (Lipinski definition) is 6. The fourth-order valence-electron chi connectivity index (χ4n) is 5.45. The number of unbranched alkanes of at least 4 members (excludes halogenated alkanes) is 16. The maximum absolute atomic E-state index is 13.0. The lowest BCUT2D eigenvalue weighted by molar-refractivity contribution is -0.143. The van der Waals surface area contributed by atoms with Gasteiger partial charge in [-0.2, -0.15) is 0 Å². The van der Waals surface area contributed by atoms with Crippen LogP contribution in [-0.4, -0.2) is 74.6 Å². The van der Waals surface area contributed by atoms with Crippen LogP contribution in [0.1, 0.15) is 168 Å². The molecule has 0 aromatic rings. The lowest BCUT2D eigenvalue weighted by atomic mass is 10.1. The highest BCUT2D eigenvalue weighted by molar-refractivity contribution is 5.76. The van der Waals surface area contributed by atoms with E-state index in [1.807, 2.05) is 26.2 Å². The van der Waals surface area contributed by atoms with Crippen LogP contribution in [0.2, 0.25) is 0 Å². The summed E-state index contributed by atoms with van der Waals surface area (Å²) in [6.45, 7) is 7.75. The van der Waals surface area contributed by atoms with E-state index in [2.05, 4.69) is 35.8 Å². The van der Waals surface area contributed by atoms with Crippen molar-refractivity contribution in [1.29, 1.82) is 0 Å². The first-order valence-electron chi connectivity index (χ1n) is 19.4. The summed E-state index contributed by atoms with van der Waals surface area (Å²) in [5, 5.41) is 0. The molecule has 0 fully saturated rings. The van der Waals surface area contributed by atoms with E-state index in [0.717, 1.165) is 103 Å². The Kier molecular flexibility index (Phi) is 33.6. The molecule has 0 unspecified atom stereocenters. The zero-order valence-corrected chi connectivity index (χ0v) is 31.3. The Morgan fingerprint density at radius 1 is 0.468 bits per heavy atom. The number of allylic oxidation sites excluding steroid dienone is 2. The summed E-state index contributed by atoms with van der Waals surface area (Å²) >= 11 is 0. The van der Waals surface area contributed by atoms with Crippen LogP contribution in [0.3, 0.4) is 0 Å². The smallest absolute Gasteiger partial charge is 0.306 e. The Balaban J connectivity index is 4.07. The number of rotatable bonds is 34. The molecule has 0 N–H and O–H groups in total. The molecule has 47 heavy (non-hydrogen) atoms. The molecule has 0 rings (SSSR count). The number of carbonyl (C=O) groups excluding carboxylic acids is 3. The molecule has 0 aromatic heterocycles. The molecule has 0 aliphatic carbocycles. The Morgan fingerprint density at radius 3 is 1.34 bits per heavy atom. The van der Waals surface area contributed by atoms with Crippen molar-refractivity contribution < 1.29 is 23.9 Å². The SMILES string of the molecule is CCCCCC/C=C/COC(=O)CCCCCCCN(CCCCCCCC(=O)OC/C=C/CCCCCC)C(=O)CCCN(C)C. The molecule has 0 spiro atoms. The van der Waals surface area contributed by atoms with Gasteiger partial charge in [0.2, 0.25) is 5.91 Å². The van der Waals surface area contributed by atoms with Gasteiger partial charge in [0.25, 0.3) is 0 Å². The topological polar surface area (TPSA) is 76.1 Å². The lowest BCUT2D eigenvalue weighted by Gasteiger charge is -2.23. The Labute approximate surface area is 290 Å². The highest BCUT2D eigenvalue weighted by atomic mass is 16.5. The van der Waals surface area contributed by atoms with Crippen molar-refractivity contribution in [2.75, 3.05) is 46.9 Å². The van der Waals surface area contributed by atoms with Crippen LogP contribution >= 0.6 is 0 Å². The maximum atomic E-state index is 13.0. The normalized spacial score (nSPS) is 11.6. The molecule has 1 amide bonds. The van der Waals surface area contributed by atoms with Gasteiger partial charge in [-0.15, -0.1) is 0 Å². The van der Waals surface area contributed by atoms with Gasteiger partial charge in [-0.1, -0.05) is 115 Å². The molecule has 7 nitrogen and oxygen atoms in total. The summed E-state index contributed by atoms with van der Waals surface area (Å²) in [6.07, 6.45) is 32.8. The van der Waals surface area contributed by atoms with Crippen LogP contribution in [0.5, 0.6) is 0 Å². The van der Waals surface area contributed by atoms with Crippen molar-refractivity contribution in [3.05, 3.63) is 24.3 Å². The minimum absolute atomic E-state index is 0.105. The zero-order chi connectivity index (χ0) is 34.6. The molecule has 0 atom stereocenters. The molecule has 0 radical (unpaired) electrons. The molecule has 0 aromatic carbocycles. The number of amides is 1. The van der Waals surface area contributed by atoms with Crippen molar-refractivity contribution in [1.82, 2.24) is 9.80 Å². The molecule has 0 bridgehead atoms. The van der Waals surface area contributed by atoms with Gasteiger partial charge in [-0.3, -0.25) is 14.4 Å². The van der Waals surface area contributed by atoms with Gasteiger partial charge in [-0.05, 0) is 78.4 Å². The van der Waals surface area contributed by atoms with E-state index >= 15 is 0 Å². The third-order valence-corrected chi connectivity index (χ3v) is 8.43. The predicted molar refractivity (Wildman–Crippen MR) is 197 cm³/mol. The number of esters is 2. The van der Waals surface area contributed by atoms with E-state index in [1.54, 1.807) is 0 Å². The van der Waals surface area contributed by atoms with E-state index in [4.69, 9.17) is 9.47 Å². The summed E-state index contributed by atoms with van der Waals surface area (Å²) in [6, 6.07) is 0. The van der Waals surface area contributed by atoms with Gasteiger partial charge < -0.3 is 19.3 Å². The first kappa shape index (κ1) is 44.9. The molecule has 0 saturated heterocycles. The summed E-state index contributed by atoms with van der Waals surface area (Å²) in [5.74, 6) is 0.0555. The Hall–Kier alpha value is -2.15. The molecular formula is C40H74N2O5. The van der Waals surface area contributed by atoms with Gasteiger partial charge >= 0.3 is 11.9 Å². The van der Waals surface area contributed by atoms with Crippen LogP contribution < -0.4 is 0 Å². The van der Waals surface area contributed by atoms with Crippen molar-refractivity contribution in [3.63, 3.8) is 0 Å². The fourth-order valence-corrected chi connectivity index (χ4v) is 5.45. The van der Waals surface area contributed by atoms with Crippen LogP contribution in [0.15, 0.2) is 24.3 Å². The third-order valence-electron chi connectivity index (χ3n) is 8.43. The van der Waals surface area contributed by atoms with E-state index < -0.39 is 0 Å². The number of ether oxygens (including phenoxy) is 2. The minimum Gasteiger partial charge on any atom is -0.461 e. The molecule has 0 heterocycles. The third kappa shape index (κ3) is 33.5. The van der Waals surface area contributed by atoms with Crippen molar-refractivity contribution >= 4 is 17.8 Å². The number of carbonyl (C=O) groups is 3. The Morgan fingerprint density at radius 2 is 0.894 bits per heavy atom. The molecular weight excluding hydrogens is 588 g/mol. The van der Waals surface area contributed by atoms with Gasteiger partial charge in [0.1, 0.15) is 13.2 Å². The number of nitrogens with zero attached hydrogens (tertiary/aromatic N) is 2. The molecule has 0 aliphatic rings. The van der Waals surface area contributed by atoms with E-state index in [-0.39, 0.29) is 17.8 Å². The standard InChI is InChI=1S/C40H74N2O5/c1-5-7-9-11-13-21-27-36-46-39(44)31-23-17-15-19-25-34-42(38(43)30-29-33-41(3)4)35-26-20-16-18-24-32-40(45)47-37-28-22-14-12-10-8-6-2/h21-22,27-28H,5-20,23-26,29-37H2,1-4H3/b27-21+,28-22+. The first-order valence-corrected chi connectivity index (χ1v) is 19.4. The summed E-state index contributed by atoms with van der Waals surface area (Å²) < 4.78 is 10.6. The van der Waals surface area contributed by atoms with E-state index in [9.17, 15) is 14.4 Å². The van der Waals surface area contributed by atoms with Crippen molar-refractivity contribution in [2.24, 2.45) is 0 Å². The predicted octanol–water partition coefficient (Wildman–Crippen LogP) is 9.98. The number of hydrogen-bond donors (Lipinski definition) is 0. The second-order valence-corrected chi connectivity index (χ2v) is 13.3. The molecule has 0 aliphatic heterocycles. The highest BCUT2D eigenvalue weighted by Gasteiger charge is 2.13. The first-order chi connectivity index (χ1) is 22.9. The largest absolute Gasteiger partial charge is 0.461 e. The molecule has 7 heteroatoms. The second-order valence-electron chi connectivity index (χ2n) is 13.3. The minimum atomic E-state index is -0.105. The van der Waals surface area contributed by atoms with Crippen molar-refractivity contribution in [2.45, 2.75) is 168 Å². The fraction of sp³-hybridized carbons (Fsp3) is 0.825. The summed E-state index contributed by atoms with van der Waals surface area (Å²) in [7, 11) is 4.09. The van der Waals surface area contributed by atoms with Crippen LogP contribution in [0.4, 0.5) is 0 Å². The van der Waals surface area contributed by atoms with Crippen LogP contribution in [-0.2, 0) is 23.9 Å². The highest BCUT2D eigenvalue weighted by Crippen LogP contribution is 2.12. The zero-order valence-electron chi connectivity index (χ0n) is 31.3. The lowest BCUT2D eigenvalue weighted by Crippen LogP contribution is -2.33. The van der Waals surface area contributed by atoms with Gasteiger partial charge in [-0.25, -0.2) is 0 Å². The summed E-state index contributed by atoms with van der Waals surface area (Å²) in [4.78, 5) is 41.1. The van der Waals surface area contributed by atoms with Crippen molar-refractivity contribution in [3.8, 4) is 0 Å². The maximum Gasteiger partial charge on any atom is 0.306 e. The van der Waals surface area contributed by atoms with Gasteiger partial charge in [0, 0.05) is 32.4 Å². The monoisotopic (exact) mass is 663 g/mol. The van der Waals surface area contributed by atoms with E-state index in [0.29, 0.717) is 32.5 Å². The average Bonchev–Trinajstić information content (AvgIpc) is 3.05. The van der Waals surface area contributed by atoms with Gasteiger partial charge in [0.15, 0.2) is 0 Å². The molecule has 0 saturated carbocycles. The average molecular weight is 663 g/mol. The van der Waals surface area contributed by atoms with E-state index in [1.165, 1.54) is 51.4 Å². The summed E-state index contributed by atoms with van der Waals surface area (Å²) in [5.41, 5.74) is 0. The van der Waals surface area contributed by atoms with Crippen LogP contribution in [0.25, 0.3) is 0 Å².